The van der Waals surface area contributed by atoms with Crippen LogP contribution in [-0.4, -0.2) is 14.7 Å². The van der Waals surface area contributed by atoms with Gasteiger partial charge in [0.25, 0.3) is 0 Å². The number of hydrogen-bond donors (Lipinski definition) is 3. The molecular weight excluding hydrogens is 249 g/mol. The molecule has 0 aliphatic rings. The van der Waals surface area contributed by atoms with Crippen LogP contribution in [0.4, 0.5) is 0 Å². The Morgan fingerprint density at radius 3 is 1.78 bits per heavy atom. The van der Waals surface area contributed by atoms with Crippen LogP contribution < -0.4 is 0 Å². The fraction of sp³-hybridized carbons (Fsp3) is 0. The standard InChI is InChI=1S/H4O6P2.Zr/c1-7(2)6-8(3,4)5;/h7H,(H,1,2)(H2,3,4,5);. The van der Waals surface area contributed by atoms with Crippen molar-refractivity contribution in [3.05, 3.63) is 0 Å². The third-order valence-corrected chi connectivity index (χ3v) is 1.77. The van der Waals surface area contributed by atoms with Gasteiger partial charge in [0, 0.05) is 26.2 Å². The van der Waals surface area contributed by atoms with E-state index in [-0.39, 0.29) is 26.2 Å². The van der Waals surface area contributed by atoms with Gasteiger partial charge < -0.3 is 14.7 Å². The summed E-state index contributed by atoms with van der Waals surface area (Å²) in [6, 6.07) is 0. The number of rotatable bonds is 2. The van der Waals surface area contributed by atoms with Crippen LogP contribution in [0.3, 0.4) is 0 Å². The van der Waals surface area contributed by atoms with Crippen molar-refractivity contribution in [3.8, 4) is 0 Å². The first-order valence-corrected chi connectivity index (χ1v) is 4.19. The fourth-order valence-corrected chi connectivity index (χ4v) is 0.916. The van der Waals surface area contributed by atoms with Crippen molar-refractivity contribution in [2.45, 2.75) is 0 Å². The Labute approximate surface area is 70.5 Å². The van der Waals surface area contributed by atoms with Crippen LogP contribution in [0, 0.1) is 0 Å². The normalized spacial score (nSPS) is 14.1. The van der Waals surface area contributed by atoms with Crippen LogP contribution >= 0.6 is 16.1 Å². The molecule has 0 aromatic carbocycles. The van der Waals surface area contributed by atoms with Crippen LogP contribution in [0.1, 0.15) is 0 Å². The maximum atomic E-state index is 9.58. The quantitative estimate of drug-likeness (QED) is 0.572. The van der Waals surface area contributed by atoms with Gasteiger partial charge in [0.2, 0.25) is 0 Å². The Bertz CT molecular complexity index is 134. The fourth-order valence-electron chi connectivity index (χ4n) is 0.102. The molecule has 0 saturated carbocycles. The van der Waals surface area contributed by atoms with Crippen molar-refractivity contribution >= 4 is 16.1 Å². The summed E-state index contributed by atoms with van der Waals surface area (Å²) < 4.78 is 22.3. The molecule has 6 nitrogen and oxygen atoms in total. The zero-order valence-corrected chi connectivity index (χ0v) is 8.37. The van der Waals surface area contributed by atoms with E-state index in [1.807, 2.05) is 0 Å². The van der Waals surface area contributed by atoms with Crippen molar-refractivity contribution in [3.63, 3.8) is 0 Å². The predicted octanol–water partition coefficient (Wildman–Crippen LogP) is -0.525. The summed E-state index contributed by atoms with van der Waals surface area (Å²) >= 11 is 0. The molecule has 0 rings (SSSR count). The van der Waals surface area contributed by atoms with Crippen LogP contribution in [0.5, 0.6) is 0 Å². The van der Waals surface area contributed by atoms with Crippen LogP contribution in [0.2, 0.25) is 0 Å². The molecule has 0 aromatic rings. The van der Waals surface area contributed by atoms with Gasteiger partial charge in [0.05, 0.1) is 0 Å². The third kappa shape index (κ3) is 12.4. The number of phosphoric acid groups is 1. The molecule has 1 unspecified atom stereocenters. The largest absolute Gasteiger partial charge is 0.476 e. The molecule has 0 amide bonds. The average Bonchev–Trinajstić information content (AvgIpc) is 1.21. The van der Waals surface area contributed by atoms with Crippen molar-refractivity contribution in [1.29, 1.82) is 0 Å². The zero-order chi connectivity index (χ0) is 6.78. The van der Waals surface area contributed by atoms with Crippen molar-refractivity contribution < 1.29 is 54.3 Å². The maximum Gasteiger partial charge on any atom is 0.476 e. The van der Waals surface area contributed by atoms with Gasteiger partial charge in [-0.25, -0.2) is 8.88 Å². The van der Waals surface area contributed by atoms with E-state index in [0.717, 1.165) is 0 Å². The van der Waals surface area contributed by atoms with Crippen LogP contribution in [0.25, 0.3) is 0 Å². The molecule has 0 saturated heterocycles. The molecule has 0 bridgehead atoms. The van der Waals surface area contributed by atoms with Gasteiger partial charge >= 0.3 is 16.1 Å². The van der Waals surface area contributed by atoms with Crippen LogP contribution in [0.15, 0.2) is 0 Å². The molecule has 1 atom stereocenters. The van der Waals surface area contributed by atoms with E-state index >= 15 is 0 Å². The SMILES string of the molecule is O=[PH](O)OP(=O)(O)O.[Zr]. The predicted molar refractivity (Wildman–Crippen MR) is 24.3 cm³/mol. The summed E-state index contributed by atoms with van der Waals surface area (Å²) in [4.78, 5) is 23.2. The topological polar surface area (TPSA) is 104 Å². The summed E-state index contributed by atoms with van der Waals surface area (Å²) in [7, 11) is -8.24. The van der Waals surface area contributed by atoms with E-state index in [4.69, 9.17) is 14.7 Å². The summed E-state index contributed by atoms with van der Waals surface area (Å²) in [6.07, 6.45) is 0. The van der Waals surface area contributed by atoms with E-state index in [2.05, 4.69) is 4.31 Å². The second-order valence-corrected chi connectivity index (χ2v) is 3.09. The molecule has 0 radical (unpaired) electrons. The second kappa shape index (κ2) is 4.92. The van der Waals surface area contributed by atoms with Gasteiger partial charge in [-0.05, 0) is 0 Å². The minimum absolute atomic E-state index is 0. The van der Waals surface area contributed by atoms with Gasteiger partial charge in [-0.2, -0.15) is 0 Å². The molecular formula is H4O6P2Zr. The zero-order valence-electron chi connectivity index (χ0n) is 4.01. The molecule has 0 spiro atoms. The van der Waals surface area contributed by atoms with Gasteiger partial charge in [-0.3, -0.25) is 4.57 Å². The molecule has 9 heavy (non-hydrogen) atoms. The molecule has 0 aliphatic carbocycles. The Balaban J connectivity index is 0. The van der Waals surface area contributed by atoms with E-state index in [9.17, 15) is 9.13 Å². The Kier molecular flexibility index (Phi) is 7.01. The minimum atomic E-state index is -4.74. The number of hydrogen-bond acceptors (Lipinski definition) is 3. The maximum absolute atomic E-state index is 9.58. The summed E-state index contributed by atoms with van der Waals surface area (Å²) in [5.41, 5.74) is 0. The molecule has 3 N–H and O–H groups in total. The molecule has 0 heterocycles. The van der Waals surface area contributed by atoms with Crippen molar-refractivity contribution in [2.24, 2.45) is 0 Å². The molecule has 0 fully saturated rings. The van der Waals surface area contributed by atoms with Gasteiger partial charge in [-0.15, -0.1) is 0 Å². The van der Waals surface area contributed by atoms with Gasteiger partial charge in [-0.1, -0.05) is 0 Å². The van der Waals surface area contributed by atoms with Crippen molar-refractivity contribution in [2.75, 3.05) is 0 Å². The van der Waals surface area contributed by atoms with E-state index in [1.54, 1.807) is 0 Å². The van der Waals surface area contributed by atoms with E-state index in [1.165, 1.54) is 0 Å². The van der Waals surface area contributed by atoms with Crippen LogP contribution in [-0.2, 0) is 39.6 Å². The Morgan fingerprint density at radius 2 is 1.78 bits per heavy atom. The molecule has 9 heteroatoms. The summed E-state index contributed by atoms with van der Waals surface area (Å²) in [5.74, 6) is 0. The Hall–Kier alpha value is 1.18. The summed E-state index contributed by atoms with van der Waals surface area (Å²) in [6.45, 7) is 0. The minimum Gasteiger partial charge on any atom is -0.326 e. The summed E-state index contributed by atoms with van der Waals surface area (Å²) in [5, 5.41) is 0. The van der Waals surface area contributed by atoms with E-state index < -0.39 is 16.1 Å². The smallest absolute Gasteiger partial charge is 0.326 e. The van der Waals surface area contributed by atoms with Gasteiger partial charge in [0.1, 0.15) is 0 Å². The molecule has 54 valence electrons. The molecule has 0 aromatic heterocycles. The Morgan fingerprint density at radius 1 is 1.44 bits per heavy atom. The van der Waals surface area contributed by atoms with Gasteiger partial charge in [0.15, 0.2) is 0 Å². The first-order valence-electron chi connectivity index (χ1n) is 1.40. The van der Waals surface area contributed by atoms with E-state index in [0.29, 0.717) is 0 Å². The van der Waals surface area contributed by atoms with Crippen molar-refractivity contribution in [1.82, 2.24) is 0 Å². The molecule has 0 aliphatic heterocycles. The first-order chi connectivity index (χ1) is 3.42. The second-order valence-electron chi connectivity index (χ2n) is 0.848. The average molecular weight is 253 g/mol. The third-order valence-electron chi connectivity index (χ3n) is 0.197. The first kappa shape index (κ1) is 12.8. The monoisotopic (exact) mass is 252 g/mol.